The third kappa shape index (κ3) is 5.86. The fourth-order valence-electron chi connectivity index (χ4n) is 4.69. The molecule has 0 radical (unpaired) electrons. The number of aromatic nitrogens is 4. The van der Waals surface area contributed by atoms with Crippen molar-refractivity contribution in [2.45, 2.75) is 59.2 Å². The van der Waals surface area contributed by atoms with Gasteiger partial charge >= 0.3 is 5.97 Å². The van der Waals surface area contributed by atoms with E-state index >= 15 is 0 Å². The van der Waals surface area contributed by atoms with E-state index in [4.69, 9.17) is 14.8 Å². The van der Waals surface area contributed by atoms with Gasteiger partial charge in [0.25, 0.3) is 0 Å². The SMILES string of the molecule is CC1=CCN(c2c(C(OC(C)(C)C)C(=O)O)c(C)nc3cc(-c4ncc(Cc5ccc(F)cc5)s4)nn23)CC1. The van der Waals surface area contributed by atoms with Crippen LogP contribution in [-0.2, 0) is 16.0 Å². The maximum atomic E-state index is 13.3. The summed E-state index contributed by atoms with van der Waals surface area (Å²) in [5.41, 5.74) is 3.97. The number of carboxylic acid groups (broad SMARTS) is 1. The molecule has 0 aliphatic carbocycles. The number of thiazole rings is 1. The van der Waals surface area contributed by atoms with E-state index in [0.717, 1.165) is 28.4 Å². The molecule has 0 fully saturated rings. The highest BCUT2D eigenvalue weighted by molar-refractivity contribution is 7.15. The average Bonchev–Trinajstić information content (AvgIpc) is 3.50. The topological polar surface area (TPSA) is 92.8 Å². The summed E-state index contributed by atoms with van der Waals surface area (Å²) in [4.78, 5) is 25.0. The Labute approximate surface area is 230 Å². The van der Waals surface area contributed by atoms with Crippen LogP contribution in [0.15, 0.2) is 48.2 Å². The van der Waals surface area contributed by atoms with Crippen molar-refractivity contribution in [3.05, 3.63) is 75.7 Å². The predicted molar refractivity (Wildman–Crippen MR) is 150 cm³/mol. The average molecular weight is 550 g/mol. The zero-order chi connectivity index (χ0) is 27.9. The number of benzene rings is 1. The summed E-state index contributed by atoms with van der Waals surface area (Å²) in [6.07, 6.45) is 4.27. The highest BCUT2D eigenvalue weighted by atomic mass is 32.1. The number of carboxylic acids is 1. The first-order valence-electron chi connectivity index (χ1n) is 12.9. The Kier molecular flexibility index (Phi) is 7.26. The highest BCUT2D eigenvalue weighted by Gasteiger charge is 2.34. The van der Waals surface area contributed by atoms with Gasteiger partial charge in [-0.05, 0) is 58.7 Å². The zero-order valence-electron chi connectivity index (χ0n) is 22.7. The first-order chi connectivity index (χ1) is 18.5. The van der Waals surface area contributed by atoms with Crippen molar-refractivity contribution in [1.82, 2.24) is 19.6 Å². The second-order valence-electron chi connectivity index (χ2n) is 10.9. The molecule has 1 atom stereocenters. The minimum atomic E-state index is -1.21. The van der Waals surface area contributed by atoms with Gasteiger partial charge < -0.3 is 14.7 Å². The molecule has 3 aromatic heterocycles. The summed E-state index contributed by atoms with van der Waals surface area (Å²) < 4.78 is 21.1. The molecule has 4 heterocycles. The van der Waals surface area contributed by atoms with Crippen LogP contribution in [0, 0.1) is 12.7 Å². The first kappa shape index (κ1) is 27.0. The van der Waals surface area contributed by atoms with Gasteiger partial charge in [-0.25, -0.2) is 19.2 Å². The van der Waals surface area contributed by atoms with E-state index in [1.807, 2.05) is 40.0 Å². The van der Waals surface area contributed by atoms with Crippen LogP contribution >= 0.6 is 11.3 Å². The fourth-order valence-corrected chi connectivity index (χ4v) is 5.59. The summed E-state index contributed by atoms with van der Waals surface area (Å²) in [5.74, 6) is -0.659. The number of anilines is 1. The van der Waals surface area contributed by atoms with Crippen molar-refractivity contribution in [1.29, 1.82) is 0 Å². The van der Waals surface area contributed by atoms with Crippen LogP contribution in [0.2, 0.25) is 0 Å². The van der Waals surface area contributed by atoms with Gasteiger partial charge in [0.2, 0.25) is 0 Å². The molecule has 0 saturated carbocycles. The molecule has 39 heavy (non-hydrogen) atoms. The van der Waals surface area contributed by atoms with Crippen molar-refractivity contribution < 1.29 is 19.0 Å². The smallest absolute Gasteiger partial charge is 0.337 e. The third-order valence-corrected chi connectivity index (χ3v) is 7.58. The Bertz CT molecular complexity index is 1550. The standard InChI is InChI=1S/C29H32FN5O3S/c1-17-10-12-34(13-11-17)27-24(25(28(36)37)38-29(3,4)5)18(2)32-23-15-22(33-35(23)27)26-31-16-21(39-26)14-19-6-8-20(30)9-7-19/h6-10,15-16,25H,11-14H2,1-5H3,(H,36,37). The Morgan fingerprint density at radius 2 is 1.97 bits per heavy atom. The van der Waals surface area contributed by atoms with Gasteiger partial charge in [0.15, 0.2) is 11.8 Å². The largest absolute Gasteiger partial charge is 0.479 e. The van der Waals surface area contributed by atoms with Crippen LogP contribution in [0.1, 0.15) is 61.9 Å². The molecule has 0 bridgehead atoms. The number of aliphatic carboxylic acids is 1. The lowest BCUT2D eigenvalue weighted by atomic mass is 10.0. The van der Waals surface area contributed by atoms with Gasteiger partial charge in [-0.1, -0.05) is 23.8 Å². The van der Waals surface area contributed by atoms with E-state index in [1.54, 1.807) is 16.6 Å². The molecule has 4 aromatic rings. The van der Waals surface area contributed by atoms with Gasteiger partial charge in [-0.3, -0.25) is 0 Å². The van der Waals surface area contributed by atoms with Gasteiger partial charge in [-0.15, -0.1) is 11.3 Å². The van der Waals surface area contributed by atoms with E-state index in [-0.39, 0.29) is 5.82 Å². The number of nitrogens with zero attached hydrogens (tertiary/aromatic N) is 5. The molecule has 10 heteroatoms. The summed E-state index contributed by atoms with van der Waals surface area (Å²) >= 11 is 1.52. The molecule has 1 unspecified atom stereocenters. The van der Waals surface area contributed by atoms with Crippen molar-refractivity contribution >= 4 is 28.8 Å². The van der Waals surface area contributed by atoms with E-state index in [2.05, 4.69) is 22.9 Å². The van der Waals surface area contributed by atoms with E-state index in [0.29, 0.717) is 41.4 Å². The van der Waals surface area contributed by atoms with Gasteiger partial charge in [0.1, 0.15) is 22.3 Å². The number of hydrogen-bond acceptors (Lipinski definition) is 7. The molecule has 1 aliphatic rings. The highest BCUT2D eigenvalue weighted by Crippen LogP contribution is 2.37. The molecular weight excluding hydrogens is 517 g/mol. The number of ether oxygens (including phenoxy) is 1. The van der Waals surface area contributed by atoms with Crippen molar-refractivity contribution in [2.75, 3.05) is 18.0 Å². The normalized spacial score (nSPS) is 15.0. The Hall–Kier alpha value is -3.63. The number of rotatable bonds is 7. The van der Waals surface area contributed by atoms with Gasteiger partial charge in [0.05, 0.1) is 11.2 Å². The quantitative estimate of drug-likeness (QED) is 0.283. The molecular formula is C29H32FN5O3S. The number of aryl methyl sites for hydroxylation is 1. The third-order valence-electron chi connectivity index (χ3n) is 6.56. The number of halogens is 1. The van der Waals surface area contributed by atoms with Gasteiger partial charge in [0, 0.05) is 42.3 Å². The lowest BCUT2D eigenvalue weighted by molar-refractivity contribution is -0.160. The minimum Gasteiger partial charge on any atom is -0.479 e. The zero-order valence-corrected chi connectivity index (χ0v) is 23.5. The van der Waals surface area contributed by atoms with Crippen LogP contribution < -0.4 is 4.90 Å². The lowest BCUT2D eigenvalue weighted by Gasteiger charge is -2.33. The van der Waals surface area contributed by atoms with E-state index in [9.17, 15) is 14.3 Å². The molecule has 5 rings (SSSR count). The van der Waals surface area contributed by atoms with E-state index in [1.165, 1.54) is 29.0 Å². The Balaban J connectivity index is 1.60. The first-order valence-corrected chi connectivity index (χ1v) is 13.7. The van der Waals surface area contributed by atoms with Crippen LogP contribution in [0.5, 0.6) is 0 Å². The summed E-state index contributed by atoms with van der Waals surface area (Å²) in [5, 5.41) is 15.9. The molecule has 1 aliphatic heterocycles. The van der Waals surface area contributed by atoms with Gasteiger partial charge in [-0.2, -0.15) is 9.61 Å². The summed E-state index contributed by atoms with van der Waals surface area (Å²) in [7, 11) is 0. The van der Waals surface area contributed by atoms with E-state index < -0.39 is 17.7 Å². The second-order valence-corrected chi connectivity index (χ2v) is 12.0. The van der Waals surface area contributed by atoms with Crippen molar-refractivity contribution in [2.24, 2.45) is 0 Å². The molecule has 0 amide bonds. The molecule has 1 aromatic carbocycles. The van der Waals surface area contributed by atoms with Crippen LogP contribution in [0.25, 0.3) is 16.3 Å². The van der Waals surface area contributed by atoms with Crippen molar-refractivity contribution in [3.8, 4) is 10.7 Å². The second kappa shape index (κ2) is 10.5. The molecule has 1 N–H and O–H groups in total. The maximum Gasteiger partial charge on any atom is 0.337 e. The summed E-state index contributed by atoms with van der Waals surface area (Å²) in [6.45, 7) is 10.8. The number of carbonyl (C=O) groups is 1. The Morgan fingerprint density at radius 1 is 1.23 bits per heavy atom. The number of fused-ring (bicyclic) bond motifs is 1. The predicted octanol–water partition coefficient (Wildman–Crippen LogP) is 5.99. The monoisotopic (exact) mass is 549 g/mol. The van der Waals surface area contributed by atoms with Crippen LogP contribution in [0.4, 0.5) is 10.2 Å². The summed E-state index contributed by atoms with van der Waals surface area (Å²) in [6, 6.07) is 8.34. The minimum absolute atomic E-state index is 0.260. The maximum absolute atomic E-state index is 13.3. The van der Waals surface area contributed by atoms with Crippen molar-refractivity contribution in [3.63, 3.8) is 0 Å². The lowest BCUT2D eigenvalue weighted by Crippen LogP contribution is -2.35. The fraction of sp³-hybridized carbons (Fsp3) is 0.379. The molecule has 0 saturated heterocycles. The molecule has 204 valence electrons. The molecule has 8 nitrogen and oxygen atoms in total. The van der Waals surface area contributed by atoms with Crippen LogP contribution in [0.3, 0.4) is 0 Å². The number of hydrogen-bond donors (Lipinski definition) is 1. The van der Waals surface area contributed by atoms with Crippen LogP contribution in [-0.4, -0.2) is 49.3 Å². The molecule has 0 spiro atoms. The Morgan fingerprint density at radius 3 is 2.62 bits per heavy atom.